The number of alkyl halides is 3. The number of benzene rings is 4. The molecule has 0 bridgehead atoms. The van der Waals surface area contributed by atoms with Crippen LogP contribution in [0.2, 0.25) is 0 Å². The average molecular weight is 1180 g/mol. The lowest BCUT2D eigenvalue weighted by Crippen LogP contribution is -2.47. The van der Waals surface area contributed by atoms with Gasteiger partial charge >= 0.3 is 12.1 Å². The van der Waals surface area contributed by atoms with E-state index in [1.54, 1.807) is 48.5 Å². The maximum absolute atomic E-state index is 13.4. The molecule has 0 saturated heterocycles. The van der Waals surface area contributed by atoms with Crippen molar-refractivity contribution >= 4 is 70.5 Å². The number of fused-ring (bicyclic) bond motifs is 8. The average Bonchev–Trinajstić information content (AvgIpc) is 1.93. The molecule has 9 rings (SSSR count). The van der Waals surface area contributed by atoms with Crippen molar-refractivity contribution in [3.63, 3.8) is 0 Å². The fraction of sp³-hybridized carbons (Fsp3) is 0.456. The van der Waals surface area contributed by atoms with Crippen molar-refractivity contribution in [3.8, 4) is 5.75 Å². The third kappa shape index (κ3) is 14.7. The Bertz CT molecular complexity index is 3490. The molecule has 4 N–H and O–H groups in total. The van der Waals surface area contributed by atoms with Crippen LogP contribution in [-0.2, 0) is 68.2 Å². The molecular formula is C57H69F3N6O12S3. The summed E-state index contributed by atoms with van der Waals surface area (Å²) in [6, 6.07) is 25.4. The number of carbonyl (C=O) groups excluding carboxylic acids is 1. The Kier molecular flexibility index (Phi) is 17.9. The highest BCUT2D eigenvalue weighted by atomic mass is 32.2. The molecule has 5 heterocycles. The molecule has 5 aliphatic heterocycles. The number of unbranched alkanes of at least 4 members (excludes halogenated alkanes) is 3. The summed E-state index contributed by atoms with van der Waals surface area (Å²) in [6.07, 6.45) is 5.81. The van der Waals surface area contributed by atoms with Gasteiger partial charge in [0.2, 0.25) is 31.6 Å². The predicted molar refractivity (Wildman–Crippen MR) is 301 cm³/mol. The highest BCUT2D eigenvalue weighted by Crippen LogP contribution is 2.54. The number of aliphatic carboxylic acids is 1. The van der Waals surface area contributed by atoms with Crippen LogP contribution in [0.3, 0.4) is 0 Å². The first kappa shape index (κ1) is 60.8. The number of nitrogens with one attached hydrogen (secondary N) is 3. The second-order valence-electron chi connectivity index (χ2n) is 22.1. The number of carboxylic acids is 1. The zero-order chi connectivity index (χ0) is 58.9. The smallest absolute Gasteiger partial charge is 0.490 e. The van der Waals surface area contributed by atoms with Gasteiger partial charge in [-0.1, -0.05) is 51.0 Å². The molecule has 438 valence electrons. The van der Waals surface area contributed by atoms with E-state index in [4.69, 9.17) is 19.4 Å². The molecule has 4 aromatic rings. The number of carbonyl (C=O) groups is 2. The summed E-state index contributed by atoms with van der Waals surface area (Å²) in [6.45, 7) is 13.6. The molecule has 24 heteroatoms. The number of rotatable bonds is 21. The standard InChI is InChI=1S/C55H68N6O10S3.C2HF3O2/c1-54(2)45-33-38(13-21-47(45)60-29-24-49-43(52(54)60)36-44-50(71-49)25-30-61-48-22-20-42(74(67,68)69)35-46(48)55(3,4)53(44)61)34-51(62)56-26-9-7-8-10-27-59(28-23-37-11-14-39(15-12-37)57-72(5,63)64)31-32-70-41-18-16-40(17-19-41)58-73(6,65)66;3-2(4,5)1(6)7/h11-22,33,35-36,49-50,57-58H,7-10,23-32,34H2,1-6H3,(H-,56,62,67,68,69);(H,6,7). The number of ether oxygens (including phenoxy) is 2. The minimum atomic E-state index is -5.08. The van der Waals surface area contributed by atoms with Crippen LogP contribution in [0.5, 0.6) is 5.75 Å². The van der Waals surface area contributed by atoms with Crippen molar-refractivity contribution in [1.82, 2.24) is 10.2 Å². The van der Waals surface area contributed by atoms with Gasteiger partial charge in [-0.2, -0.15) is 17.7 Å². The van der Waals surface area contributed by atoms with E-state index in [0.717, 1.165) is 129 Å². The van der Waals surface area contributed by atoms with Crippen LogP contribution >= 0.6 is 0 Å². The second-order valence-corrected chi connectivity index (χ2v) is 27.0. The lowest BCUT2D eigenvalue weighted by Gasteiger charge is -2.42. The lowest BCUT2D eigenvalue weighted by molar-refractivity contribution is -0.445. The van der Waals surface area contributed by atoms with E-state index in [9.17, 15) is 47.8 Å². The molecule has 0 fully saturated rings. The summed E-state index contributed by atoms with van der Waals surface area (Å²) in [5, 5.41) is 10.3. The lowest BCUT2D eigenvalue weighted by atomic mass is 9.74. The Morgan fingerprint density at radius 2 is 1.42 bits per heavy atom. The summed E-state index contributed by atoms with van der Waals surface area (Å²) in [7, 11) is -11.4. The zero-order valence-corrected chi connectivity index (χ0v) is 48.5. The third-order valence-corrected chi connectivity index (χ3v) is 17.3. The second kappa shape index (κ2) is 23.9. The number of carboxylic acid groups (broad SMARTS) is 1. The molecule has 2 atom stereocenters. The molecule has 0 aromatic heterocycles. The molecule has 0 radical (unpaired) electrons. The van der Waals surface area contributed by atoms with Gasteiger partial charge in [0, 0.05) is 83.6 Å². The topological polar surface area (TPSA) is 244 Å². The van der Waals surface area contributed by atoms with Crippen LogP contribution < -0.4 is 24.4 Å². The van der Waals surface area contributed by atoms with E-state index in [-0.39, 0.29) is 34.8 Å². The summed E-state index contributed by atoms with van der Waals surface area (Å²) in [4.78, 5) is 26.8. The number of halogens is 3. The molecule has 0 spiro atoms. The van der Waals surface area contributed by atoms with Crippen molar-refractivity contribution in [2.45, 2.75) is 113 Å². The van der Waals surface area contributed by atoms with E-state index in [1.165, 1.54) is 17.3 Å². The van der Waals surface area contributed by atoms with Gasteiger partial charge in [-0.25, -0.2) is 30.0 Å². The number of allylic oxidation sites excluding steroid dienone is 1. The van der Waals surface area contributed by atoms with Gasteiger partial charge < -0.3 is 29.3 Å². The normalized spacial score (nSPS) is 18.8. The number of sulfonamides is 2. The van der Waals surface area contributed by atoms with Crippen LogP contribution in [0.4, 0.5) is 35.9 Å². The Labute approximate surface area is 472 Å². The van der Waals surface area contributed by atoms with Crippen LogP contribution in [-0.4, -0.2) is 139 Å². The Morgan fingerprint density at radius 1 is 0.790 bits per heavy atom. The van der Waals surface area contributed by atoms with E-state index >= 15 is 0 Å². The van der Waals surface area contributed by atoms with Crippen LogP contribution in [0.1, 0.15) is 88.5 Å². The first-order valence-electron chi connectivity index (χ1n) is 26.7. The number of nitrogens with zero attached hydrogens (tertiary/aromatic N) is 3. The van der Waals surface area contributed by atoms with Crippen molar-refractivity contribution in [2.75, 3.05) is 72.7 Å². The molecule has 5 aliphatic rings. The third-order valence-electron chi connectivity index (χ3n) is 15.2. The van der Waals surface area contributed by atoms with Crippen molar-refractivity contribution in [3.05, 3.63) is 130 Å². The molecule has 1 amide bonds. The van der Waals surface area contributed by atoms with E-state index < -0.39 is 47.7 Å². The van der Waals surface area contributed by atoms with Gasteiger partial charge in [-0.15, -0.1) is 0 Å². The summed E-state index contributed by atoms with van der Waals surface area (Å²) in [5.74, 6) is -2.13. The zero-order valence-electron chi connectivity index (χ0n) is 46.1. The monoisotopic (exact) mass is 1180 g/mol. The highest BCUT2D eigenvalue weighted by molar-refractivity contribution is 7.92. The number of anilines is 3. The maximum atomic E-state index is 13.4. The number of hydrogen-bond donors (Lipinski definition) is 4. The van der Waals surface area contributed by atoms with Gasteiger partial charge in [0.1, 0.15) is 22.5 Å². The minimum absolute atomic E-state index is 0.0105. The van der Waals surface area contributed by atoms with Gasteiger partial charge in [0.05, 0.1) is 41.5 Å². The van der Waals surface area contributed by atoms with E-state index in [2.05, 4.69) is 81.1 Å². The molecule has 2 unspecified atom stereocenters. The van der Waals surface area contributed by atoms with Gasteiger partial charge in [0.15, 0.2) is 12.3 Å². The Morgan fingerprint density at radius 3 is 2.05 bits per heavy atom. The SMILES string of the molecule is CC1(C)C2=C3C=C4C5=[N+](CCC4OC3CCN2c2ccc(CC(=O)NCCCCCCN(CCOc3ccc(NS(C)(=O)=O)cc3)CCc3ccc(NS(C)(=O)=O)cc3)cc21)c1ccc(S(=O)(=O)[O-])cc1C5(C)C.O=C(O)C(F)(F)F. The van der Waals surface area contributed by atoms with E-state index in [1.807, 2.05) is 12.1 Å². The largest absolute Gasteiger partial charge is 0.744 e. The van der Waals surface area contributed by atoms with Crippen LogP contribution in [0.15, 0.2) is 113 Å². The predicted octanol–water partition coefficient (Wildman–Crippen LogP) is 7.74. The fourth-order valence-corrected chi connectivity index (χ4v) is 13.2. The number of hydrogen-bond acceptors (Lipinski definition) is 13. The first-order valence-corrected chi connectivity index (χ1v) is 31.9. The van der Waals surface area contributed by atoms with Crippen LogP contribution in [0.25, 0.3) is 0 Å². The first-order chi connectivity index (χ1) is 37.9. The van der Waals surface area contributed by atoms with Crippen LogP contribution in [0, 0.1) is 0 Å². The fourth-order valence-electron chi connectivity index (χ4n) is 11.6. The molecule has 0 saturated carbocycles. The summed E-state index contributed by atoms with van der Waals surface area (Å²) in [5.41, 5.74) is 10.8. The quantitative estimate of drug-likeness (QED) is 0.0354. The van der Waals surface area contributed by atoms with Crippen molar-refractivity contribution < 1.29 is 71.7 Å². The maximum Gasteiger partial charge on any atom is 0.490 e. The van der Waals surface area contributed by atoms with Gasteiger partial charge in [0.25, 0.3) is 0 Å². The molecule has 18 nitrogen and oxygen atoms in total. The highest BCUT2D eigenvalue weighted by Gasteiger charge is 2.54. The summed E-state index contributed by atoms with van der Waals surface area (Å²) < 4.78 is 135. The number of amides is 1. The minimum Gasteiger partial charge on any atom is -0.744 e. The summed E-state index contributed by atoms with van der Waals surface area (Å²) >= 11 is 0. The van der Waals surface area contributed by atoms with E-state index in [0.29, 0.717) is 36.8 Å². The van der Waals surface area contributed by atoms with Gasteiger partial charge in [-0.3, -0.25) is 19.1 Å². The Hall–Kier alpha value is -6.31. The molecule has 0 aliphatic carbocycles. The molecule has 4 aromatic carbocycles. The van der Waals surface area contributed by atoms with Crippen molar-refractivity contribution in [2.24, 2.45) is 0 Å². The molecule has 81 heavy (non-hydrogen) atoms. The van der Waals surface area contributed by atoms with Crippen molar-refractivity contribution in [1.29, 1.82) is 0 Å². The Balaban J connectivity index is 0.00000115. The van der Waals surface area contributed by atoms with Gasteiger partial charge in [-0.05, 0) is 123 Å². The molecular weight excluding hydrogens is 1110 g/mol.